The number of carbonyl (C=O) groups is 1. The van der Waals surface area contributed by atoms with Crippen LogP contribution in [-0.4, -0.2) is 35.0 Å². The van der Waals surface area contributed by atoms with E-state index in [1.807, 2.05) is 56.3 Å². The second-order valence-corrected chi connectivity index (χ2v) is 11.5. The zero-order valence-corrected chi connectivity index (χ0v) is 23.4. The van der Waals surface area contributed by atoms with Crippen molar-refractivity contribution in [3.05, 3.63) is 75.8 Å². The SMILES string of the molecule is Cc1cc(OCCC(C)(C)O)cc(C)c1-c1c(C#N)ccc2c1CC[C@H]2Oc1ccc2c(c1)OC[C@H]2CC(=O)O. The second kappa shape index (κ2) is 10.9. The van der Waals surface area contributed by atoms with E-state index in [1.165, 1.54) is 0 Å². The molecule has 2 aliphatic rings. The molecule has 40 heavy (non-hydrogen) atoms. The standard InChI is InChI=1S/C33H35NO6/c1-19-13-24(38-12-11-33(3,4)37)14-20(2)31(19)32-21(17-34)5-7-26-27(32)9-10-28(26)40-23-6-8-25-22(15-30(35)36)18-39-29(25)16-23/h5-8,13-14,16,22,28,37H,9-12,15,18H2,1-4H3,(H,35,36)/t22-,28-/m1/s1. The molecule has 3 aromatic carbocycles. The van der Waals surface area contributed by atoms with Gasteiger partial charge < -0.3 is 24.4 Å². The van der Waals surface area contributed by atoms with Crippen molar-refractivity contribution in [3.8, 4) is 34.4 Å². The summed E-state index contributed by atoms with van der Waals surface area (Å²) in [6, 6.07) is 15.9. The first-order chi connectivity index (χ1) is 19.0. The highest BCUT2D eigenvalue weighted by atomic mass is 16.5. The molecule has 0 saturated carbocycles. The van der Waals surface area contributed by atoms with Gasteiger partial charge in [0.15, 0.2) is 0 Å². The van der Waals surface area contributed by atoms with E-state index in [-0.39, 0.29) is 18.4 Å². The molecule has 208 valence electrons. The van der Waals surface area contributed by atoms with E-state index in [4.69, 9.17) is 14.2 Å². The van der Waals surface area contributed by atoms with Crippen molar-refractivity contribution in [1.29, 1.82) is 5.26 Å². The molecule has 0 saturated heterocycles. The van der Waals surface area contributed by atoms with Crippen molar-refractivity contribution in [2.45, 2.75) is 71.0 Å². The Balaban J connectivity index is 1.41. The van der Waals surface area contributed by atoms with Crippen LogP contribution in [0.15, 0.2) is 42.5 Å². The molecule has 0 fully saturated rings. The lowest BCUT2D eigenvalue weighted by Crippen LogP contribution is -2.21. The number of aliphatic hydroxyl groups is 1. The van der Waals surface area contributed by atoms with Gasteiger partial charge >= 0.3 is 5.97 Å². The number of hydrogen-bond acceptors (Lipinski definition) is 6. The first kappa shape index (κ1) is 27.5. The normalized spacial score (nSPS) is 17.5. The Morgan fingerprint density at radius 3 is 2.48 bits per heavy atom. The fourth-order valence-corrected chi connectivity index (χ4v) is 5.86. The minimum absolute atomic E-state index is 0.0416. The summed E-state index contributed by atoms with van der Waals surface area (Å²) >= 11 is 0. The number of benzene rings is 3. The number of carboxylic acid groups (broad SMARTS) is 1. The molecule has 0 radical (unpaired) electrons. The lowest BCUT2D eigenvalue weighted by atomic mass is 9.87. The number of carboxylic acids is 1. The monoisotopic (exact) mass is 541 g/mol. The van der Waals surface area contributed by atoms with Gasteiger partial charge in [-0.1, -0.05) is 12.1 Å². The molecule has 0 unspecified atom stereocenters. The third kappa shape index (κ3) is 5.64. The van der Waals surface area contributed by atoms with Gasteiger partial charge in [-0.15, -0.1) is 0 Å². The van der Waals surface area contributed by atoms with Crippen LogP contribution in [0.2, 0.25) is 0 Å². The maximum absolute atomic E-state index is 11.2. The summed E-state index contributed by atoms with van der Waals surface area (Å²) in [6.07, 6.45) is 1.97. The average Bonchev–Trinajstić information content (AvgIpc) is 3.46. The maximum Gasteiger partial charge on any atom is 0.304 e. The van der Waals surface area contributed by atoms with Crippen LogP contribution in [0.4, 0.5) is 0 Å². The van der Waals surface area contributed by atoms with Crippen molar-refractivity contribution in [2.75, 3.05) is 13.2 Å². The highest BCUT2D eigenvalue weighted by Crippen LogP contribution is 2.45. The van der Waals surface area contributed by atoms with Gasteiger partial charge in [-0.25, -0.2) is 0 Å². The third-order valence-corrected chi connectivity index (χ3v) is 7.78. The van der Waals surface area contributed by atoms with Gasteiger partial charge in [-0.3, -0.25) is 4.79 Å². The zero-order valence-electron chi connectivity index (χ0n) is 23.4. The summed E-state index contributed by atoms with van der Waals surface area (Å²) in [4.78, 5) is 11.2. The molecule has 0 aromatic heterocycles. The van der Waals surface area contributed by atoms with Gasteiger partial charge in [-0.05, 0) is 92.6 Å². The van der Waals surface area contributed by atoms with E-state index < -0.39 is 11.6 Å². The molecule has 0 amide bonds. The van der Waals surface area contributed by atoms with Gasteiger partial charge in [0.1, 0.15) is 23.4 Å². The Morgan fingerprint density at radius 2 is 1.80 bits per heavy atom. The second-order valence-electron chi connectivity index (χ2n) is 11.5. The van der Waals surface area contributed by atoms with Crippen molar-refractivity contribution >= 4 is 5.97 Å². The first-order valence-electron chi connectivity index (χ1n) is 13.7. The van der Waals surface area contributed by atoms with Gasteiger partial charge in [-0.2, -0.15) is 5.26 Å². The third-order valence-electron chi connectivity index (χ3n) is 7.78. The van der Waals surface area contributed by atoms with E-state index in [0.29, 0.717) is 36.7 Å². The molecule has 1 aliphatic heterocycles. The maximum atomic E-state index is 11.2. The summed E-state index contributed by atoms with van der Waals surface area (Å²) in [5, 5.41) is 29.2. The number of fused-ring (bicyclic) bond motifs is 2. The van der Waals surface area contributed by atoms with Crippen LogP contribution in [0.5, 0.6) is 17.2 Å². The van der Waals surface area contributed by atoms with E-state index in [2.05, 4.69) is 6.07 Å². The number of aryl methyl sites for hydroxylation is 2. The number of nitriles is 1. The van der Waals surface area contributed by atoms with Crippen LogP contribution in [0, 0.1) is 25.2 Å². The smallest absolute Gasteiger partial charge is 0.304 e. The van der Waals surface area contributed by atoms with Crippen LogP contribution >= 0.6 is 0 Å². The van der Waals surface area contributed by atoms with E-state index in [0.717, 1.165) is 57.5 Å². The molecule has 1 heterocycles. The summed E-state index contributed by atoms with van der Waals surface area (Å²) in [5.41, 5.74) is 7.01. The molecule has 0 spiro atoms. The molecule has 1 aliphatic carbocycles. The first-order valence-corrected chi connectivity index (χ1v) is 13.7. The summed E-state index contributed by atoms with van der Waals surface area (Å²) in [5.74, 6) is 1.12. The predicted molar refractivity (Wildman–Crippen MR) is 151 cm³/mol. The largest absolute Gasteiger partial charge is 0.493 e. The molecular formula is C33H35NO6. The summed E-state index contributed by atoms with van der Waals surface area (Å²) < 4.78 is 18.1. The fourth-order valence-electron chi connectivity index (χ4n) is 5.86. The van der Waals surface area contributed by atoms with Gasteiger partial charge in [0.25, 0.3) is 0 Å². The number of nitrogens with zero attached hydrogens (tertiary/aromatic N) is 1. The fraction of sp³-hybridized carbons (Fsp3) is 0.394. The van der Waals surface area contributed by atoms with Crippen LogP contribution in [0.1, 0.15) is 78.5 Å². The highest BCUT2D eigenvalue weighted by Gasteiger charge is 2.31. The molecule has 2 N–H and O–H groups in total. The van der Waals surface area contributed by atoms with E-state index >= 15 is 0 Å². The van der Waals surface area contributed by atoms with Crippen molar-refractivity contribution < 1.29 is 29.2 Å². The van der Waals surface area contributed by atoms with Crippen molar-refractivity contribution in [2.24, 2.45) is 0 Å². The van der Waals surface area contributed by atoms with Crippen LogP contribution in [-0.2, 0) is 11.2 Å². The Bertz CT molecular complexity index is 1470. The average molecular weight is 542 g/mol. The molecule has 2 atom stereocenters. The Hall–Kier alpha value is -4.02. The zero-order chi connectivity index (χ0) is 28.6. The minimum atomic E-state index is -0.838. The Labute approximate surface area is 234 Å². The minimum Gasteiger partial charge on any atom is -0.493 e. The number of ether oxygens (including phenoxy) is 3. The molecule has 7 heteroatoms. The number of hydrogen-bond donors (Lipinski definition) is 2. The Morgan fingerprint density at radius 1 is 1.07 bits per heavy atom. The van der Waals surface area contributed by atoms with Crippen LogP contribution < -0.4 is 14.2 Å². The quantitative estimate of drug-likeness (QED) is 0.323. The number of rotatable bonds is 9. The van der Waals surface area contributed by atoms with Gasteiger partial charge in [0, 0.05) is 29.5 Å². The van der Waals surface area contributed by atoms with Gasteiger partial charge in [0.05, 0.1) is 36.9 Å². The van der Waals surface area contributed by atoms with Crippen LogP contribution in [0.3, 0.4) is 0 Å². The molecule has 7 nitrogen and oxygen atoms in total. The molecular weight excluding hydrogens is 506 g/mol. The highest BCUT2D eigenvalue weighted by molar-refractivity contribution is 5.81. The topological polar surface area (TPSA) is 109 Å². The lowest BCUT2D eigenvalue weighted by molar-refractivity contribution is -0.137. The molecule has 0 bridgehead atoms. The number of aliphatic carboxylic acids is 1. The van der Waals surface area contributed by atoms with Gasteiger partial charge in [0.2, 0.25) is 0 Å². The van der Waals surface area contributed by atoms with E-state index in [1.54, 1.807) is 13.8 Å². The van der Waals surface area contributed by atoms with Crippen molar-refractivity contribution in [3.63, 3.8) is 0 Å². The molecule has 5 rings (SSSR count). The molecule has 3 aromatic rings. The summed E-state index contributed by atoms with van der Waals surface area (Å²) in [6.45, 7) is 8.39. The lowest BCUT2D eigenvalue weighted by Gasteiger charge is -2.20. The summed E-state index contributed by atoms with van der Waals surface area (Å²) in [7, 11) is 0. The van der Waals surface area contributed by atoms with E-state index in [9.17, 15) is 20.3 Å². The predicted octanol–water partition coefficient (Wildman–Crippen LogP) is 6.40. The van der Waals surface area contributed by atoms with Crippen molar-refractivity contribution in [1.82, 2.24) is 0 Å². The Kier molecular flexibility index (Phi) is 7.48. The van der Waals surface area contributed by atoms with Crippen LogP contribution in [0.25, 0.3) is 11.1 Å².